The zero-order chi connectivity index (χ0) is 20.4. The molecule has 1 amide bonds. The smallest absolute Gasteiger partial charge is 0.255 e. The van der Waals surface area contributed by atoms with Gasteiger partial charge in [0.1, 0.15) is 0 Å². The Balaban J connectivity index is 1.38. The predicted octanol–water partition coefficient (Wildman–Crippen LogP) is 4.59. The number of carbonyl (C=O) groups is 1. The molecule has 1 aliphatic carbocycles. The van der Waals surface area contributed by atoms with Crippen LogP contribution >= 0.6 is 11.3 Å². The van der Waals surface area contributed by atoms with Gasteiger partial charge in [-0.05, 0) is 39.2 Å². The number of hydrogen-bond donors (Lipinski definition) is 0. The second kappa shape index (κ2) is 9.00. The standard InChI is InChI=1S/C23H34N4OS/c1-4-22-24-19(16-29-22)15-25-10-12-26(13-11-25)23(28)21-14-17(2)27(18(21)3)20-8-6-5-7-9-20/h14,16,20H,4-13,15H2,1-3H3. The minimum absolute atomic E-state index is 0.210. The molecular weight excluding hydrogens is 380 g/mol. The summed E-state index contributed by atoms with van der Waals surface area (Å²) in [6.45, 7) is 10.8. The molecule has 6 heteroatoms. The van der Waals surface area contributed by atoms with E-state index in [9.17, 15) is 4.79 Å². The summed E-state index contributed by atoms with van der Waals surface area (Å²) in [5, 5.41) is 3.39. The number of aryl methyl sites for hydroxylation is 2. The molecule has 0 bridgehead atoms. The summed E-state index contributed by atoms with van der Waals surface area (Å²) in [5.74, 6) is 0.210. The van der Waals surface area contributed by atoms with Crippen LogP contribution < -0.4 is 0 Å². The van der Waals surface area contributed by atoms with Gasteiger partial charge in [-0.1, -0.05) is 26.2 Å². The molecule has 3 heterocycles. The van der Waals surface area contributed by atoms with Crippen LogP contribution in [0.3, 0.4) is 0 Å². The quantitative estimate of drug-likeness (QED) is 0.719. The molecule has 1 aliphatic heterocycles. The van der Waals surface area contributed by atoms with Crippen molar-refractivity contribution in [2.45, 2.75) is 71.9 Å². The fourth-order valence-electron chi connectivity index (χ4n) is 4.99. The highest BCUT2D eigenvalue weighted by molar-refractivity contribution is 7.09. The zero-order valence-corrected chi connectivity index (χ0v) is 18.9. The number of carbonyl (C=O) groups excluding carboxylic acids is 1. The lowest BCUT2D eigenvalue weighted by Crippen LogP contribution is -2.48. The molecule has 0 N–H and O–H groups in total. The molecule has 0 aromatic carbocycles. The lowest BCUT2D eigenvalue weighted by Gasteiger charge is -2.34. The average molecular weight is 415 g/mol. The first-order valence-corrected chi connectivity index (χ1v) is 12.1. The van der Waals surface area contributed by atoms with Gasteiger partial charge in [-0.15, -0.1) is 11.3 Å². The third-order valence-corrected chi connectivity index (χ3v) is 7.64. The maximum Gasteiger partial charge on any atom is 0.255 e. The Bertz CT molecular complexity index is 841. The SMILES string of the molecule is CCc1nc(CN2CCN(C(=O)c3cc(C)n(C4CCCCC4)c3C)CC2)cs1. The minimum atomic E-state index is 0.210. The normalized spacial score (nSPS) is 19.1. The lowest BCUT2D eigenvalue weighted by atomic mass is 9.95. The Hall–Kier alpha value is -1.66. The van der Waals surface area contributed by atoms with Crippen molar-refractivity contribution in [3.05, 3.63) is 39.1 Å². The summed E-state index contributed by atoms with van der Waals surface area (Å²) in [4.78, 5) is 22.4. The van der Waals surface area contributed by atoms with Crippen LogP contribution in [0.25, 0.3) is 0 Å². The maximum atomic E-state index is 13.3. The van der Waals surface area contributed by atoms with Crippen LogP contribution in [0.4, 0.5) is 0 Å². The van der Waals surface area contributed by atoms with E-state index in [0.29, 0.717) is 6.04 Å². The Labute approximate surface area is 178 Å². The van der Waals surface area contributed by atoms with Crippen molar-refractivity contribution in [3.8, 4) is 0 Å². The van der Waals surface area contributed by atoms with Crippen LogP contribution in [0.15, 0.2) is 11.4 Å². The van der Waals surface area contributed by atoms with Crippen molar-refractivity contribution in [1.82, 2.24) is 19.4 Å². The summed E-state index contributed by atoms with van der Waals surface area (Å²) in [6.07, 6.45) is 7.48. The number of hydrogen-bond acceptors (Lipinski definition) is 4. The van der Waals surface area contributed by atoms with Crippen LogP contribution in [0.2, 0.25) is 0 Å². The molecule has 0 radical (unpaired) electrons. The van der Waals surface area contributed by atoms with E-state index in [1.54, 1.807) is 11.3 Å². The van der Waals surface area contributed by atoms with Crippen molar-refractivity contribution in [1.29, 1.82) is 0 Å². The number of thiazole rings is 1. The number of aromatic nitrogens is 2. The fourth-order valence-corrected chi connectivity index (χ4v) is 5.72. The molecule has 158 valence electrons. The third-order valence-electron chi connectivity index (χ3n) is 6.60. The first kappa shape index (κ1) is 20.6. The minimum Gasteiger partial charge on any atom is -0.345 e. The second-order valence-corrected chi connectivity index (χ2v) is 9.54. The molecule has 1 saturated carbocycles. The summed E-state index contributed by atoms with van der Waals surface area (Å²) in [6, 6.07) is 2.70. The molecule has 0 spiro atoms. The summed E-state index contributed by atoms with van der Waals surface area (Å²) < 4.78 is 2.44. The molecule has 2 aromatic heterocycles. The Morgan fingerprint density at radius 3 is 2.52 bits per heavy atom. The van der Waals surface area contributed by atoms with Crippen LogP contribution in [0.5, 0.6) is 0 Å². The number of nitrogens with zero attached hydrogens (tertiary/aromatic N) is 4. The van der Waals surface area contributed by atoms with E-state index in [2.05, 4.69) is 46.7 Å². The molecular formula is C23H34N4OS. The molecule has 5 nitrogen and oxygen atoms in total. The van der Waals surface area contributed by atoms with Crippen LogP contribution in [-0.2, 0) is 13.0 Å². The van der Waals surface area contributed by atoms with E-state index in [1.165, 1.54) is 48.5 Å². The van der Waals surface area contributed by atoms with E-state index in [-0.39, 0.29) is 5.91 Å². The molecule has 2 aromatic rings. The van der Waals surface area contributed by atoms with E-state index in [0.717, 1.165) is 50.4 Å². The largest absolute Gasteiger partial charge is 0.345 e. The summed E-state index contributed by atoms with van der Waals surface area (Å²) >= 11 is 1.75. The van der Waals surface area contributed by atoms with Crippen LogP contribution in [0.1, 0.15) is 77.5 Å². The van der Waals surface area contributed by atoms with Gasteiger partial charge in [-0.25, -0.2) is 4.98 Å². The first-order valence-electron chi connectivity index (χ1n) is 11.2. The van der Waals surface area contributed by atoms with Gasteiger partial charge in [0, 0.05) is 55.5 Å². The van der Waals surface area contributed by atoms with Gasteiger partial charge in [0.25, 0.3) is 5.91 Å². The first-order chi connectivity index (χ1) is 14.1. The zero-order valence-electron chi connectivity index (χ0n) is 18.1. The molecule has 4 rings (SSSR count). The van der Waals surface area contributed by atoms with Gasteiger partial charge in [-0.2, -0.15) is 0 Å². The van der Waals surface area contributed by atoms with Gasteiger partial charge >= 0.3 is 0 Å². The number of amides is 1. The Kier molecular flexibility index (Phi) is 6.40. The number of piperazine rings is 1. The second-order valence-electron chi connectivity index (χ2n) is 8.60. The lowest BCUT2D eigenvalue weighted by molar-refractivity contribution is 0.0626. The van der Waals surface area contributed by atoms with Gasteiger partial charge < -0.3 is 9.47 Å². The van der Waals surface area contributed by atoms with Crippen molar-refractivity contribution in [3.63, 3.8) is 0 Å². The van der Waals surface area contributed by atoms with E-state index >= 15 is 0 Å². The van der Waals surface area contributed by atoms with E-state index in [4.69, 9.17) is 0 Å². The molecule has 1 saturated heterocycles. The van der Waals surface area contributed by atoms with E-state index < -0.39 is 0 Å². The monoisotopic (exact) mass is 414 g/mol. The van der Waals surface area contributed by atoms with E-state index in [1.807, 2.05) is 4.90 Å². The molecule has 0 atom stereocenters. The van der Waals surface area contributed by atoms with Gasteiger partial charge in [0.05, 0.1) is 16.3 Å². The Morgan fingerprint density at radius 1 is 1.14 bits per heavy atom. The number of rotatable bonds is 5. The summed E-state index contributed by atoms with van der Waals surface area (Å²) in [7, 11) is 0. The topological polar surface area (TPSA) is 41.4 Å². The van der Waals surface area contributed by atoms with Crippen molar-refractivity contribution in [2.75, 3.05) is 26.2 Å². The van der Waals surface area contributed by atoms with Crippen molar-refractivity contribution >= 4 is 17.2 Å². The fraction of sp³-hybridized carbons (Fsp3) is 0.652. The predicted molar refractivity (Wildman–Crippen MR) is 119 cm³/mol. The van der Waals surface area contributed by atoms with Gasteiger partial charge in [-0.3, -0.25) is 9.69 Å². The van der Waals surface area contributed by atoms with Crippen molar-refractivity contribution < 1.29 is 4.79 Å². The highest BCUT2D eigenvalue weighted by Crippen LogP contribution is 2.32. The summed E-state index contributed by atoms with van der Waals surface area (Å²) in [5.41, 5.74) is 4.49. The maximum absolute atomic E-state index is 13.3. The van der Waals surface area contributed by atoms with Crippen molar-refractivity contribution in [2.24, 2.45) is 0 Å². The Morgan fingerprint density at radius 2 is 1.86 bits per heavy atom. The molecule has 2 aliphatic rings. The third kappa shape index (κ3) is 4.43. The molecule has 29 heavy (non-hydrogen) atoms. The molecule has 2 fully saturated rings. The highest BCUT2D eigenvalue weighted by atomic mass is 32.1. The van der Waals surface area contributed by atoms with Crippen LogP contribution in [-0.4, -0.2) is 51.4 Å². The van der Waals surface area contributed by atoms with Crippen LogP contribution in [0, 0.1) is 13.8 Å². The average Bonchev–Trinajstić information content (AvgIpc) is 3.32. The van der Waals surface area contributed by atoms with Gasteiger partial charge in [0.15, 0.2) is 0 Å². The van der Waals surface area contributed by atoms with Gasteiger partial charge in [0.2, 0.25) is 0 Å². The molecule has 0 unspecified atom stereocenters. The highest BCUT2D eigenvalue weighted by Gasteiger charge is 2.27.